The van der Waals surface area contributed by atoms with Crippen LogP contribution >= 0.6 is 23.1 Å². The molecule has 0 amide bonds. The molecule has 0 saturated heterocycles. The summed E-state index contributed by atoms with van der Waals surface area (Å²) in [6, 6.07) is 9.17. The van der Waals surface area contributed by atoms with E-state index >= 15 is 0 Å². The summed E-state index contributed by atoms with van der Waals surface area (Å²) < 4.78 is 1.07. The minimum absolute atomic E-state index is 0.390. The maximum atomic E-state index is 4.16. The fraction of sp³-hybridized carbons (Fsp3) is 0.429. The van der Waals surface area contributed by atoms with Gasteiger partial charge in [-0.05, 0) is 30.5 Å². The molecule has 3 nitrogen and oxygen atoms in total. The van der Waals surface area contributed by atoms with Gasteiger partial charge < -0.3 is 5.32 Å². The lowest BCUT2D eigenvalue weighted by atomic mass is 9.81. The molecule has 0 radical (unpaired) electrons. The van der Waals surface area contributed by atoms with Crippen LogP contribution in [0, 0.1) is 0 Å². The van der Waals surface area contributed by atoms with Crippen molar-refractivity contribution in [1.29, 1.82) is 0 Å². The second-order valence-corrected chi connectivity index (χ2v) is 7.21. The van der Waals surface area contributed by atoms with Crippen LogP contribution in [0.3, 0.4) is 0 Å². The Morgan fingerprint density at radius 1 is 1.32 bits per heavy atom. The summed E-state index contributed by atoms with van der Waals surface area (Å²) in [7, 11) is 2.05. The van der Waals surface area contributed by atoms with Gasteiger partial charge in [0.25, 0.3) is 0 Å². The fourth-order valence-electron chi connectivity index (χ4n) is 2.86. The van der Waals surface area contributed by atoms with E-state index in [0.717, 1.165) is 4.34 Å². The van der Waals surface area contributed by atoms with Crippen LogP contribution in [0.4, 0.5) is 0 Å². The van der Waals surface area contributed by atoms with Gasteiger partial charge in [0.2, 0.25) is 0 Å². The molecule has 5 heteroatoms. The van der Waals surface area contributed by atoms with Gasteiger partial charge >= 0.3 is 0 Å². The Hall–Kier alpha value is -0.910. The average molecular weight is 291 g/mol. The summed E-state index contributed by atoms with van der Waals surface area (Å²) in [5, 5.41) is 12.1. The molecule has 1 N–H and O–H groups in total. The van der Waals surface area contributed by atoms with E-state index in [2.05, 4.69) is 46.7 Å². The summed E-state index contributed by atoms with van der Waals surface area (Å²) in [6.45, 7) is 2.32. The van der Waals surface area contributed by atoms with Crippen molar-refractivity contribution in [2.45, 2.75) is 34.9 Å². The summed E-state index contributed by atoms with van der Waals surface area (Å²) >= 11 is 3.48. The molecule has 3 rings (SSSR count). The molecule has 0 spiro atoms. The zero-order valence-electron chi connectivity index (χ0n) is 11.0. The number of hydrogen-bond donors (Lipinski definition) is 1. The highest BCUT2D eigenvalue weighted by atomic mass is 32.2. The highest BCUT2D eigenvalue weighted by molar-refractivity contribution is 8.01. The van der Waals surface area contributed by atoms with Gasteiger partial charge in [0.05, 0.1) is 0 Å². The molecule has 1 aliphatic carbocycles. The lowest BCUT2D eigenvalue weighted by molar-refractivity contribution is 0.473. The van der Waals surface area contributed by atoms with Crippen molar-refractivity contribution >= 4 is 23.1 Å². The van der Waals surface area contributed by atoms with Crippen molar-refractivity contribution in [3.63, 3.8) is 0 Å². The monoisotopic (exact) mass is 291 g/mol. The Morgan fingerprint density at radius 2 is 2.11 bits per heavy atom. The second kappa shape index (κ2) is 5.61. The quantitative estimate of drug-likeness (QED) is 0.939. The molecule has 100 valence electrons. The van der Waals surface area contributed by atoms with Gasteiger partial charge in [-0.2, -0.15) is 0 Å². The summed E-state index contributed by atoms with van der Waals surface area (Å²) in [5.41, 5.74) is 4.72. The number of thioether (sulfide) groups is 1. The van der Waals surface area contributed by atoms with Crippen molar-refractivity contribution in [2.24, 2.45) is 0 Å². The molecule has 0 fully saturated rings. The Kier molecular flexibility index (Phi) is 3.86. The zero-order chi connectivity index (χ0) is 13.2. The lowest BCUT2D eigenvalue weighted by Gasteiger charge is -2.36. The highest BCUT2D eigenvalue weighted by Gasteiger charge is 2.33. The van der Waals surface area contributed by atoms with E-state index in [9.17, 15) is 0 Å². The molecule has 3 atom stereocenters. The third-order valence-electron chi connectivity index (χ3n) is 3.72. The van der Waals surface area contributed by atoms with Crippen molar-refractivity contribution in [2.75, 3.05) is 7.05 Å². The SMILES string of the molecule is CNC1c2ccccc2C(C)CC1Sc1nncs1. The molecule has 1 aromatic heterocycles. The van der Waals surface area contributed by atoms with Crippen LogP contribution in [0.1, 0.15) is 36.4 Å². The van der Waals surface area contributed by atoms with Crippen LogP contribution in [-0.4, -0.2) is 22.5 Å². The number of nitrogens with one attached hydrogen (secondary N) is 1. The van der Waals surface area contributed by atoms with E-state index in [1.165, 1.54) is 17.5 Å². The first kappa shape index (κ1) is 13.1. The van der Waals surface area contributed by atoms with Gasteiger partial charge in [-0.25, -0.2) is 0 Å². The van der Waals surface area contributed by atoms with E-state index in [-0.39, 0.29) is 0 Å². The van der Waals surface area contributed by atoms with Crippen molar-refractivity contribution in [3.05, 3.63) is 40.9 Å². The van der Waals surface area contributed by atoms with Crippen LogP contribution in [-0.2, 0) is 0 Å². The topological polar surface area (TPSA) is 37.8 Å². The normalized spacial score (nSPS) is 26.1. The van der Waals surface area contributed by atoms with Crippen LogP contribution in [0.15, 0.2) is 34.1 Å². The number of nitrogens with zero attached hydrogens (tertiary/aromatic N) is 2. The molecule has 0 aliphatic heterocycles. The van der Waals surface area contributed by atoms with Gasteiger partial charge in [0.15, 0.2) is 4.34 Å². The van der Waals surface area contributed by atoms with Gasteiger partial charge in [-0.15, -0.1) is 10.2 Å². The van der Waals surface area contributed by atoms with Crippen molar-refractivity contribution < 1.29 is 0 Å². The number of rotatable bonds is 3. The van der Waals surface area contributed by atoms with E-state index in [1.54, 1.807) is 16.8 Å². The summed E-state index contributed by atoms with van der Waals surface area (Å²) in [5.74, 6) is 0.603. The predicted octanol–water partition coefficient (Wildman–Crippen LogP) is 3.47. The van der Waals surface area contributed by atoms with E-state index in [0.29, 0.717) is 17.2 Å². The van der Waals surface area contributed by atoms with Crippen molar-refractivity contribution in [3.8, 4) is 0 Å². The smallest absolute Gasteiger partial charge is 0.174 e. The Morgan fingerprint density at radius 3 is 2.79 bits per heavy atom. The summed E-state index contributed by atoms with van der Waals surface area (Å²) in [4.78, 5) is 0. The molecule has 3 unspecified atom stereocenters. The largest absolute Gasteiger partial charge is 0.312 e. The zero-order valence-corrected chi connectivity index (χ0v) is 12.7. The first-order valence-corrected chi connectivity index (χ1v) is 8.24. The first-order chi connectivity index (χ1) is 9.29. The minimum Gasteiger partial charge on any atom is -0.312 e. The van der Waals surface area contributed by atoms with Gasteiger partial charge in [0, 0.05) is 11.3 Å². The van der Waals surface area contributed by atoms with Gasteiger partial charge in [-0.3, -0.25) is 0 Å². The number of hydrogen-bond acceptors (Lipinski definition) is 5. The van der Waals surface area contributed by atoms with Crippen LogP contribution in [0.5, 0.6) is 0 Å². The first-order valence-electron chi connectivity index (χ1n) is 6.48. The number of benzene rings is 1. The third-order valence-corrected chi connectivity index (χ3v) is 5.83. The van der Waals surface area contributed by atoms with Gasteiger partial charge in [0.1, 0.15) is 5.51 Å². The second-order valence-electron chi connectivity index (χ2n) is 4.89. The molecule has 2 aromatic rings. The Balaban J connectivity index is 1.91. The molecule has 1 aromatic carbocycles. The van der Waals surface area contributed by atoms with Crippen LogP contribution in [0.2, 0.25) is 0 Å². The molecule has 0 bridgehead atoms. The number of fused-ring (bicyclic) bond motifs is 1. The van der Waals surface area contributed by atoms with Crippen LogP contribution in [0.25, 0.3) is 0 Å². The predicted molar refractivity (Wildman–Crippen MR) is 80.8 cm³/mol. The molecule has 19 heavy (non-hydrogen) atoms. The van der Waals surface area contributed by atoms with E-state index in [1.807, 2.05) is 18.8 Å². The maximum Gasteiger partial charge on any atom is 0.174 e. The fourth-order valence-corrected chi connectivity index (χ4v) is 5.01. The van der Waals surface area contributed by atoms with E-state index in [4.69, 9.17) is 0 Å². The molecule has 0 saturated carbocycles. The highest BCUT2D eigenvalue weighted by Crippen LogP contribution is 2.44. The third kappa shape index (κ3) is 2.55. The lowest BCUT2D eigenvalue weighted by Crippen LogP contribution is -2.33. The maximum absolute atomic E-state index is 4.16. The number of aromatic nitrogens is 2. The Bertz CT molecular complexity index is 541. The van der Waals surface area contributed by atoms with E-state index < -0.39 is 0 Å². The summed E-state index contributed by atoms with van der Waals surface area (Å²) in [6.07, 6.45) is 1.17. The average Bonchev–Trinajstić information content (AvgIpc) is 2.92. The minimum atomic E-state index is 0.390. The van der Waals surface area contributed by atoms with Crippen LogP contribution < -0.4 is 5.32 Å². The van der Waals surface area contributed by atoms with Gasteiger partial charge in [-0.1, -0.05) is 54.3 Å². The molecular formula is C14H17N3S2. The Labute approximate surface area is 121 Å². The molecule has 1 heterocycles. The standard InChI is InChI=1S/C14H17N3S2/c1-9-7-12(19-14-17-16-8-18-14)13(15-2)11-6-4-3-5-10(9)11/h3-6,8-9,12-13,15H,7H2,1-2H3. The molecule has 1 aliphatic rings. The van der Waals surface area contributed by atoms with Crippen molar-refractivity contribution in [1.82, 2.24) is 15.5 Å². The molecular weight excluding hydrogens is 274 g/mol.